The van der Waals surface area contributed by atoms with E-state index in [4.69, 9.17) is 32.2 Å². The summed E-state index contributed by atoms with van der Waals surface area (Å²) in [4.78, 5) is 15.6. The molecule has 0 atom stereocenters. The first-order valence-electron chi connectivity index (χ1n) is 5.51. The van der Waals surface area contributed by atoms with Crippen molar-refractivity contribution in [3.05, 3.63) is 33.6 Å². The van der Waals surface area contributed by atoms with Gasteiger partial charge in [0, 0.05) is 11.5 Å². The van der Waals surface area contributed by atoms with Gasteiger partial charge in [0.25, 0.3) is 0 Å². The van der Waals surface area contributed by atoms with Gasteiger partial charge in [-0.05, 0) is 19.1 Å². The highest BCUT2D eigenvalue weighted by Crippen LogP contribution is 2.31. The van der Waals surface area contributed by atoms with E-state index < -0.39 is 5.63 Å². The van der Waals surface area contributed by atoms with Gasteiger partial charge in [0.2, 0.25) is 5.75 Å². The number of nitrogens with two attached hydrogens (primary N) is 2. The molecule has 0 aliphatic heterocycles. The van der Waals surface area contributed by atoms with Crippen LogP contribution in [-0.2, 0) is 0 Å². The Labute approximate surface area is 113 Å². The van der Waals surface area contributed by atoms with Gasteiger partial charge in [-0.2, -0.15) is 0 Å². The summed E-state index contributed by atoms with van der Waals surface area (Å²) in [7, 11) is 0. The number of hydrogen-bond acceptors (Lipinski definition) is 4. The Morgan fingerprint density at radius 2 is 2.21 bits per heavy atom. The van der Waals surface area contributed by atoms with Crippen molar-refractivity contribution in [2.75, 3.05) is 6.61 Å². The van der Waals surface area contributed by atoms with Crippen molar-refractivity contribution in [3.63, 3.8) is 0 Å². The number of aliphatic imine (C=N–C) groups is 1. The number of nitrogens with zero attached hydrogens (tertiary/aromatic N) is 1. The first kappa shape index (κ1) is 13.2. The third kappa shape index (κ3) is 2.63. The molecule has 0 radical (unpaired) electrons. The maximum Gasteiger partial charge on any atom is 0.380 e. The molecule has 2 rings (SSSR count). The van der Waals surface area contributed by atoms with Gasteiger partial charge in [0.05, 0.1) is 12.3 Å². The molecular weight excluding hydrogens is 270 g/mol. The quantitative estimate of drug-likeness (QED) is 0.507. The molecule has 0 aliphatic rings. The molecule has 0 saturated heterocycles. The molecule has 0 fully saturated rings. The molecule has 6 nitrogen and oxygen atoms in total. The van der Waals surface area contributed by atoms with Gasteiger partial charge in [-0.15, -0.1) is 0 Å². The molecule has 7 heteroatoms. The molecule has 1 heterocycles. The summed E-state index contributed by atoms with van der Waals surface area (Å²) in [6.07, 6.45) is 0. The Hall–Kier alpha value is -2.21. The molecule has 1 aromatic heterocycles. The minimum absolute atomic E-state index is 0.00579. The second kappa shape index (κ2) is 5.19. The van der Waals surface area contributed by atoms with Crippen LogP contribution in [0, 0.1) is 0 Å². The first-order valence-corrected chi connectivity index (χ1v) is 5.89. The third-order valence-electron chi connectivity index (χ3n) is 2.34. The summed E-state index contributed by atoms with van der Waals surface area (Å²) < 4.78 is 10.3. The summed E-state index contributed by atoms with van der Waals surface area (Å²) in [6, 6.07) is 4.84. The van der Waals surface area contributed by atoms with Gasteiger partial charge in [0.1, 0.15) is 10.6 Å². The normalized spacial score (nSPS) is 10.4. The highest BCUT2D eigenvalue weighted by atomic mass is 35.5. The fourth-order valence-corrected chi connectivity index (χ4v) is 1.91. The molecule has 0 aliphatic carbocycles. The standard InChI is InChI=1S/C12H12ClN3O3/c1-2-18-10-9(13)7-4-3-6(16-12(14)15)5-8(7)19-11(10)17/h3-5H,2H2,1H3,(H4,14,15,16). The third-order valence-corrected chi connectivity index (χ3v) is 2.71. The number of guanidine groups is 1. The summed E-state index contributed by atoms with van der Waals surface area (Å²) in [5.41, 5.74) is 10.7. The van der Waals surface area contributed by atoms with Crippen molar-refractivity contribution in [1.82, 2.24) is 0 Å². The molecule has 0 spiro atoms. The largest absolute Gasteiger partial charge is 0.486 e. The first-order chi connectivity index (χ1) is 9.02. The number of halogens is 1. The van der Waals surface area contributed by atoms with E-state index in [1.807, 2.05) is 0 Å². The monoisotopic (exact) mass is 281 g/mol. The number of ether oxygens (including phenoxy) is 1. The molecule has 0 unspecified atom stereocenters. The Morgan fingerprint density at radius 1 is 1.47 bits per heavy atom. The highest BCUT2D eigenvalue weighted by Gasteiger charge is 2.14. The zero-order chi connectivity index (χ0) is 14.0. The topological polar surface area (TPSA) is 104 Å². The predicted octanol–water partition coefficient (Wildman–Crippen LogP) is 1.75. The van der Waals surface area contributed by atoms with E-state index in [0.29, 0.717) is 23.3 Å². The van der Waals surface area contributed by atoms with E-state index in [0.717, 1.165) is 0 Å². The van der Waals surface area contributed by atoms with Crippen LogP contribution in [0.3, 0.4) is 0 Å². The van der Waals surface area contributed by atoms with Crippen LogP contribution < -0.4 is 21.8 Å². The smallest absolute Gasteiger partial charge is 0.380 e. The van der Waals surface area contributed by atoms with E-state index in [-0.39, 0.29) is 16.7 Å². The summed E-state index contributed by atoms with van der Waals surface area (Å²) >= 11 is 6.11. The van der Waals surface area contributed by atoms with Crippen LogP contribution >= 0.6 is 11.6 Å². The molecule has 1 aromatic carbocycles. The Kier molecular flexibility index (Phi) is 3.62. The SMILES string of the molecule is CCOc1c(Cl)c2ccc(N=C(N)N)cc2oc1=O. The number of rotatable bonds is 3. The van der Waals surface area contributed by atoms with E-state index >= 15 is 0 Å². The van der Waals surface area contributed by atoms with Crippen molar-refractivity contribution in [1.29, 1.82) is 0 Å². The number of benzene rings is 1. The van der Waals surface area contributed by atoms with Crippen LogP contribution in [0.4, 0.5) is 5.69 Å². The maximum atomic E-state index is 11.7. The second-order valence-corrected chi connectivity index (χ2v) is 4.06. The van der Waals surface area contributed by atoms with Gasteiger partial charge in [-0.3, -0.25) is 0 Å². The fraction of sp³-hybridized carbons (Fsp3) is 0.167. The summed E-state index contributed by atoms with van der Waals surface area (Å²) in [5.74, 6) is -0.0787. The molecule has 4 N–H and O–H groups in total. The maximum absolute atomic E-state index is 11.7. The van der Waals surface area contributed by atoms with Crippen molar-refractivity contribution in [2.45, 2.75) is 6.92 Å². The molecular formula is C12H12ClN3O3. The average Bonchev–Trinajstić information content (AvgIpc) is 2.33. The number of hydrogen-bond donors (Lipinski definition) is 2. The van der Waals surface area contributed by atoms with E-state index in [1.54, 1.807) is 19.1 Å². The van der Waals surface area contributed by atoms with Crippen molar-refractivity contribution in [2.24, 2.45) is 16.5 Å². The van der Waals surface area contributed by atoms with Gasteiger partial charge < -0.3 is 20.6 Å². The average molecular weight is 282 g/mol. The van der Waals surface area contributed by atoms with E-state index in [9.17, 15) is 4.79 Å². The lowest BCUT2D eigenvalue weighted by molar-refractivity contribution is 0.322. The van der Waals surface area contributed by atoms with Gasteiger partial charge in [-0.25, -0.2) is 9.79 Å². The Bertz CT molecular complexity index is 705. The summed E-state index contributed by atoms with van der Waals surface area (Å²) in [5, 5.41) is 0.767. The van der Waals surface area contributed by atoms with Gasteiger partial charge in [0.15, 0.2) is 5.96 Å². The molecule has 2 aromatic rings. The van der Waals surface area contributed by atoms with Crippen LogP contribution in [0.15, 0.2) is 32.4 Å². The van der Waals surface area contributed by atoms with Crippen molar-refractivity contribution in [3.8, 4) is 5.75 Å². The zero-order valence-electron chi connectivity index (χ0n) is 10.1. The molecule has 0 bridgehead atoms. The lowest BCUT2D eigenvalue weighted by atomic mass is 10.2. The predicted molar refractivity (Wildman–Crippen MR) is 74.1 cm³/mol. The van der Waals surface area contributed by atoms with Gasteiger partial charge in [-0.1, -0.05) is 11.6 Å². The molecule has 0 saturated carbocycles. The lowest BCUT2D eigenvalue weighted by Gasteiger charge is -2.06. The fourth-order valence-electron chi connectivity index (χ4n) is 1.62. The minimum atomic E-state index is -0.638. The minimum Gasteiger partial charge on any atom is -0.486 e. The van der Waals surface area contributed by atoms with Gasteiger partial charge >= 0.3 is 5.63 Å². The molecule has 0 amide bonds. The second-order valence-electron chi connectivity index (χ2n) is 3.68. The zero-order valence-corrected chi connectivity index (χ0v) is 10.9. The van der Waals surface area contributed by atoms with Crippen molar-refractivity contribution < 1.29 is 9.15 Å². The van der Waals surface area contributed by atoms with Crippen LogP contribution in [0.1, 0.15) is 6.92 Å². The molecule has 19 heavy (non-hydrogen) atoms. The molecule has 100 valence electrons. The van der Waals surface area contributed by atoms with Crippen LogP contribution in [0.25, 0.3) is 11.0 Å². The van der Waals surface area contributed by atoms with Crippen LogP contribution in [-0.4, -0.2) is 12.6 Å². The van der Waals surface area contributed by atoms with E-state index in [1.165, 1.54) is 6.07 Å². The van der Waals surface area contributed by atoms with Crippen molar-refractivity contribution >= 4 is 34.2 Å². The van der Waals surface area contributed by atoms with Crippen LogP contribution in [0.5, 0.6) is 5.75 Å². The Balaban J connectivity index is 2.67. The highest BCUT2D eigenvalue weighted by molar-refractivity contribution is 6.36. The lowest BCUT2D eigenvalue weighted by Crippen LogP contribution is -2.21. The van der Waals surface area contributed by atoms with Crippen LogP contribution in [0.2, 0.25) is 5.02 Å². The Morgan fingerprint density at radius 3 is 2.84 bits per heavy atom. The van der Waals surface area contributed by atoms with E-state index in [2.05, 4.69) is 4.99 Å². The number of fused-ring (bicyclic) bond motifs is 1. The summed E-state index contributed by atoms with van der Waals surface area (Å²) in [6.45, 7) is 2.07.